The monoisotopic (exact) mass is 182 g/mol. The standard InChI is InChI=1S/C10H18N2O/c1-11-5-3-4-9(11)10-8-13-7-6-12(10)2/h3-4,9-10H,5-8H2,1-2H3. The van der Waals surface area contributed by atoms with Gasteiger partial charge in [-0.15, -0.1) is 0 Å². The average molecular weight is 182 g/mol. The van der Waals surface area contributed by atoms with E-state index in [2.05, 4.69) is 36.0 Å². The molecule has 1 saturated heterocycles. The Morgan fingerprint density at radius 3 is 2.77 bits per heavy atom. The highest BCUT2D eigenvalue weighted by Crippen LogP contribution is 2.17. The largest absolute Gasteiger partial charge is 0.378 e. The van der Waals surface area contributed by atoms with Gasteiger partial charge in [0.15, 0.2) is 0 Å². The molecule has 0 radical (unpaired) electrons. The number of ether oxygens (including phenoxy) is 1. The first-order valence-electron chi connectivity index (χ1n) is 4.94. The Hall–Kier alpha value is -0.380. The lowest BCUT2D eigenvalue weighted by molar-refractivity contribution is -0.0149. The molecule has 2 aliphatic heterocycles. The van der Waals surface area contributed by atoms with Crippen molar-refractivity contribution in [2.24, 2.45) is 0 Å². The molecule has 0 bridgehead atoms. The fraction of sp³-hybridized carbons (Fsp3) is 0.800. The molecule has 2 aliphatic rings. The molecule has 1 fully saturated rings. The minimum atomic E-state index is 0.539. The van der Waals surface area contributed by atoms with Crippen LogP contribution < -0.4 is 0 Å². The molecule has 2 rings (SSSR count). The molecule has 0 N–H and O–H groups in total. The molecule has 3 heteroatoms. The van der Waals surface area contributed by atoms with Gasteiger partial charge in [-0.25, -0.2) is 0 Å². The van der Waals surface area contributed by atoms with Gasteiger partial charge >= 0.3 is 0 Å². The maximum absolute atomic E-state index is 5.51. The molecular formula is C10H18N2O. The van der Waals surface area contributed by atoms with E-state index < -0.39 is 0 Å². The smallest absolute Gasteiger partial charge is 0.0640 e. The Bertz CT molecular complexity index is 205. The Kier molecular flexibility index (Phi) is 2.67. The fourth-order valence-electron chi connectivity index (χ4n) is 2.12. The van der Waals surface area contributed by atoms with E-state index in [-0.39, 0.29) is 0 Å². The summed E-state index contributed by atoms with van der Waals surface area (Å²) in [6, 6.07) is 1.09. The number of likely N-dealkylation sites (N-methyl/N-ethyl adjacent to an activating group) is 2. The minimum absolute atomic E-state index is 0.539. The molecule has 0 spiro atoms. The Labute approximate surface area is 80.0 Å². The molecule has 2 unspecified atom stereocenters. The first kappa shape index (κ1) is 9.19. The van der Waals surface area contributed by atoms with Crippen molar-refractivity contribution in [2.45, 2.75) is 12.1 Å². The second-order valence-corrected chi connectivity index (χ2v) is 3.98. The maximum atomic E-state index is 5.51. The highest BCUT2D eigenvalue weighted by Gasteiger charge is 2.30. The molecule has 2 atom stereocenters. The zero-order chi connectivity index (χ0) is 9.26. The number of morpholine rings is 1. The molecule has 2 heterocycles. The van der Waals surface area contributed by atoms with Crippen LogP contribution in [0.1, 0.15) is 0 Å². The third-order valence-corrected chi connectivity index (χ3v) is 3.07. The van der Waals surface area contributed by atoms with Crippen molar-refractivity contribution in [1.82, 2.24) is 9.80 Å². The quantitative estimate of drug-likeness (QED) is 0.538. The van der Waals surface area contributed by atoms with Gasteiger partial charge in [0.2, 0.25) is 0 Å². The normalized spacial score (nSPS) is 37.1. The second kappa shape index (κ2) is 3.78. The summed E-state index contributed by atoms with van der Waals surface area (Å²) in [6.07, 6.45) is 4.54. The van der Waals surface area contributed by atoms with Crippen LogP contribution in [0.3, 0.4) is 0 Å². The molecule has 13 heavy (non-hydrogen) atoms. The van der Waals surface area contributed by atoms with Crippen molar-refractivity contribution < 1.29 is 4.74 Å². The van der Waals surface area contributed by atoms with E-state index in [0.29, 0.717) is 12.1 Å². The molecular weight excluding hydrogens is 164 g/mol. The number of hydrogen-bond acceptors (Lipinski definition) is 3. The number of nitrogens with zero attached hydrogens (tertiary/aromatic N) is 2. The summed E-state index contributed by atoms with van der Waals surface area (Å²) in [5.41, 5.74) is 0. The average Bonchev–Trinajstić information content (AvgIpc) is 2.52. The van der Waals surface area contributed by atoms with Gasteiger partial charge in [-0.1, -0.05) is 12.2 Å². The summed E-state index contributed by atoms with van der Waals surface area (Å²) in [7, 11) is 4.36. The van der Waals surface area contributed by atoms with E-state index in [1.807, 2.05) is 0 Å². The summed E-state index contributed by atoms with van der Waals surface area (Å²) in [4.78, 5) is 4.77. The fourth-order valence-corrected chi connectivity index (χ4v) is 2.12. The Balaban J connectivity index is 2.01. The summed E-state index contributed by atoms with van der Waals surface area (Å²) in [5, 5.41) is 0. The highest BCUT2D eigenvalue weighted by molar-refractivity contribution is 5.08. The van der Waals surface area contributed by atoms with Crippen LogP contribution in [0.2, 0.25) is 0 Å². The van der Waals surface area contributed by atoms with Crippen LogP contribution in [0.25, 0.3) is 0 Å². The molecule has 0 saturated carbocycles. The van der Waals surface area contributed by atoms with Crippen LogP contribution in [-0.2, 0) is 4.74 Å². The zero-order valence-electron chi connectivity index (χ0n) is 8.44. The first-order valence-corrected chi connectivity index (χ1v) is 4.94. The number of rotatable bonds is 1. The van der Waals surface area contributed by atoms with Crippen LogP contribution in [-0.4, -0.2) is 62.3 Å². The molecule has 0 amide bonds. The third kappa shape index (κ3) is 1.77. The van der Waals surface area contributed by atoms with Crippen LogP contribution in [0.4, 0.5) is 0 Å². The second-order valence-electron chi connectivity index (χ2n) is 3.98. The molecule has 0 aromatic heterocycles. The van der Waals surface area contributed by atoms with Gasteiger partial charge in [0, 0.05) is 19.1 Å². The van der Waals surface area contributed by atoms with Crippen LogP contribution in [0.5, 0.6) is 0 Å². The SMILES string of the molecule is CN1CC=CC1C1COCCN1C. The lowest BCUT2D eigenvalue weighted by atomic mass is 10.1. The maximum Gasteiger partial charge on any atom is 0.0640 e. The topological polar surface area (TPSA) is 15.7 Å². The van der Waals surface area contributed by atoms with Crippen molar-refractivity contribution in [1.29, 1.82) is 0 Å². The summed E-state index contributed by atoms with van der Waals surface area (Å²) >= 11 is 0. The van der Waals surface area contributed by atoms with E-state index in [4.69, 9.17) is 4.74 Å². The predicted molar refractivity (Wildman–Crippen MR) is 52.8 cm³/mol. The lowest BCUT2D eigenvalue weighted by Crippen LogP contribution is -2.52. The van der Waals surface area contributed by atoms with Gasteiger partial charge in [-0.2, -0.15) is 0 Å². The van der Waals surface area contributed by atoms with E-state index in [9.17, 15) is 0 Å². The molecule has 0 aliphatic carbocycles. The first-order chi connectivity index (χ1) is 6.29. The van der Waals surface area contributed by atoms with Crippen molar-refractivity contribution in [3.05, 3.63) is 12.2 Å². The van der Waals surface area contributed by atoms with Gasteiger partial charge in [-0.05, 0) is 14.1 Å². The van der Waals surface area contributed by atoms with Crippen molar-refractivity contribution in [3.63, 3.8) is 0 Å². The lowest BCUT2D eigenvalue weighted by Gasteiger charge is -2.38. The van der Waals surface area contributed by atoms with Crippen LogP contribution >= 0.6 is 0 Å². The number of hydrogen-bond donors (Lipinski definition) is 0. The third-order valence-electron chi connectivity index (χ3n) is 3.07. The molecule has 0 aromatic carbocycles. The van der Waals surface area contributed by atoms with E-state index in [0.717, 1.165) is 26.3 Å². The van der Waals surface area contributed by atoms with Gasteiger partial charge in [0.25, 0.3) is 0 Å². The van der Waals surface area contributed by atoms with Crippen LogP contribution in [0.15, 0.2) is 12.2 Å². The van der Waals surface area contributed by atoms with Crippen molar-refractivity contribution in [2.75, 3.05) is 40.4 Å². The van der Waals surface area contributed by atoms with Gasteiger partial charge in [0.05, 0.1) is 19.3 Å². The Morgan fingerprint density at radius 2 is 2.15 bits per heavy atom. The van der Waals surface area contributed by atoms with Crippen molar-refractivity contribution in [3.8, 4) is 0 Å². The van der Waals surface area contributed by atoms with Crippen molar-refractivity contribution >= 4 is 0 Å². The van der Waals surface area contributed by atoms with E-state index in [1.54, 1.807) is 0 Å². The molecule has 74 valence electrons. The zero-order valence-corrected chi connectivity index (χ0v) is 8.44. The van der Waals surface area contributed by atoms with Crippen LogP contribution in [0, 0.1) is 0 Å². The van der Waals surface area contributed by atoms with Gasteiger partial charge in [-0.3, -0.25) is 9.80 Å². The highest BCUT2D eigenvalue weighted by atomic mass is 16.5. The molecule has 0 aromatic rings. The summed E-state index contributed by atoms with van der Waals surface area (Å²) < 4.78 is 5.51. The molecule has 3 nitrogen and oxygen atoms in total. The van der Waals surface area contributed by atoms with E-state index >= 15 is 0 Å². The van der Waals surface area contributed by atoms with Gasteiger partial charge in [0.1, 0.15) is 0 Å². The summed E-state index contributed by atoms with van der Waals surface area (Å²) in [6.45, 7) is 3.89. The summed E-state index contributed by atoms with van der Waals surface area (Å²) in [5.74, 6) is 0. The minimum Gasteiger partial charge on any atom is -0.378 e. The van der Waals surface area contributed by atoms with E-state index in [1.165, 1.54) is 0 Å². The Morgan fingerprint density at radius 1 is 1.31 bits per heavy atom. The van der Waals surface area contributed by atoms with Gasteiger partial charge < -0.3 is 4.74 Å². The predicted octanol–water partition coefficient (Wildman–Crippen LogP) is 0.187.